The fraction of sp³-hybridized carbons (Fsp3) is 0.429. The number of hydrogen-bond acceptors (Lipinski definition) is 4. The summed E-state index contributed by atoms with van der Waals surface area (Å²) >= 11 is 1.50. The molecule has 0 radical (unpaired) electrons. The second-order valence-electron chi connectivity index (χ2n) is 4.78. The molecule has 0 unspecified atom stereocenters. The minimum Gasteiger partial charge on any atom is -0.539 e. The van der Waals surface area contributed by atoms with Crippen LogP contribution in [-0.2, 0) is 6.42 Å². The van der Waals surface area contributed by atoms with Gasteiger partial charge in [-0.2, -0.15) is 0 Å². The molecular weight excluding hydrogens is 260 g/mol. The number of aryl methyl sites for hydroxylation is 3. The standard InChI is InChI=1S/C14H18N2O2S/c1-9-7-10(2)13(11(3)8-9)5-6-19-16-12(4)14(17)18-15-16/h7-8H,5-6H2,1-4H3. The van der Waals surface area contributed by atoms with Crippen LogP contribution < -0.4 is 9.19 Å². The maximum atomic E-state index is 11.2. The van der Waals surface area contributed by atoms with Gasteiger partial charge in [-0.3, -0.25) is 0 Å². The summed E-state index contributed by atoms with van der Waals surface area (Å²) in [5.74, 6) is 0.498. The first-order valence-corrected chi connectivity index (χ1v) is 7.19. The molecule has 2 aromatic rings. The van der Waals surface area contributed by atoms with Crippen molar-refractivity contribution in [3.8, 4) is 5.95 Å². The van der Waals surface area contributed by atoms with E-state index in [4.69, 9.17) is 0 Å². The van der Waals surface area contributed by atoms with Crippen LogP contribution in [0.5, 0.6) is 5.95 Å². The smallest absolute Gasteiger partial charge is 0.245 e. The van der Waals surface area contributed by atoms with Gasteiger partial charge in [0.15, 0.2) is 17.9 Å². The van der Waals surface area contributed by atoms with Crippen LogP contribution in [0.25, 0.3) is 0 Å². The Morgan fingerprint density at radius 3 is 2.37 bits per heavy atom. The molecule has 0 aliphatic carbocycles. The highest BCUT2D eigenvalue weighted by atomic mass is 32.2. The molecule has 0 aliphatic heterocycles. The zero-order valence-corrected chi connectivity index (χ0v) is 12.5. The van der Waals surface area contributed by atoms with Crippen LogP contribution in [0.1, 0.15) is 27.9 Å². The molecule has 2 rings (SSSR count). The molecule has 0 spiro atoms. The largest absolute Gasteiger partial charge is 0.539 e. The highest BCUT2D eigenvalue weighted by Gasteiger charge is 2.14. The van der Waals surface area contributed by atoms with Crippen molar-refractivity contribution in [2.24, 2.45) is 0 Å². The molecule has 0 atom stereocenters. The minimum absolute atomic E-state index is 0.366. The van der Waals surface area contributed by atoms with Gasteiger partial charge in [0, 0.05) is 6.92 Å². The Hall–Kier alpha value is -1.49. The van der Waals surface area contributed by atoms with Gasteiger partial charge < -0.3 is 9.63 Å². The second-order valence-corrected chi connectivity index (χ2v) is 5.79. The van der Waals surface area contributed by atoms with Gasteiger partial charge in [-0.15, -0.1) is 0 Å². The van der Waals surface area contributed by atoms with E-state index in [-0.39, 0.29) is 5.95 Å². The summed E-state index contributed by atoms with van der Waals surface area (Å²) in [4.78, 5) is 0. The first-order chi connectivity index (χ1) is 8.99. The summed E-state index contributed by atoms with van der Waals surface area (Å²) in [6, 6.07) is 4.41. The number of hydrogen-bond donors (Lipinski definition) is 0. The predicted molar refractivity (Wildman–Crippen MR) is 73.1 cm³/mol. The molecule has 0 bridgehead atoms. The molecule has 4 nitrogen and oxygen atoms in total. The summed E-state index contributed by atoms with van der Waals surface area (Å²) in [7, 11) is 0. The summed E-state index contributed by atoms with van der Waals surface area (Å²) in [5, 5.41) is 14.9. The number of nitrogens with zero attached hydrogens (tertiary/aromatic N) is 2. The number of rotatable bonds is 4. The van der Waals surface area contributed by atoms with Gasteiger partial charge in [0.05, 0.1) is 11.0 Å². The Labute approximate surface area is 117 Å². The third kappa shape index (κ3) is 3.10. The quantitative estimate of drug-likeness (QED) is 0.803. The summed E-state index contributed by atoms with van der Waals surface area (Å²) in [6.07, 6.45) is 0.954. The van der Waals surface area contributed by atoms with Crippen LogP contribution in [0.3, 0.4) is 0 Å². The molecule has 1 heterocycles. The number of benzene rings is 1. The fourth-order valence-corrected chi connectivity index (χ4v) is 3.06. The Balaban J connectivity index is 2.02. The van der Waals surface area contributed by atoms with Gasteiger partial charge in [0.25, 0.3) is 0 Å². The lowest BCUT2D eigenvalue weighted by atomic mass is 9.98. The van der Waals surface area contributed by atoms with E-state index in [1.807, 2.05) is 0 Å². The van der Waals surface area contributed by atoms with Crippen molar-refractivity contribution >= 4 is 11.9 Å². The fourth-order valence-electron chi connectivity index (χ4n) is 2.24. The van der Waals surface area contributed by atoms with Crippen molar-refractivity contribution in [3.05, 3.63) is 40.1 Å². The normalized spacial score (nSPS) is 10.9. The zero-order valence-electron chi connectivity index (χ0n) is 11.7. The monoisotopic (exact) mass is 278 g/mol. The SMILES string of the molecule is Cc1cc(C)c(CCS[n+]2noc([O-])c2C)c(C)c1. The summed E-state index contributed by atoms with van der Waals surface area (Å²) in [5.41, 5.74) is 5.85. The van der Waals surface area contributed by atoms with Crippen LogP contribution in [0.15, 0.2) is 16.7 Å². The van der Waals surface area contributed by atoms with Crippen molar-refractivity contribution in [2.75, 3.05) is 5.75 Å². The highest BCUT2D eigenvalue weighted by molar-refractivity contribution is 7.92. The van der Waals surface area contributed by atoms with Crippen LogP contribution in [0, 0.1) is 27.7 Å². The van der Waals surface area contributed by atoms with E-state index in [0.717, 1.165) is 12.2 Å². The first-order valence-electron chi connectivity index (χ1n) is 6.24. The zero-order chi connectivity index (χ0) is 14.0. The Morgan fingerprint density at radius 2 is 1.84 bits per heavy atom. The maximum Gasteiger partial charge on any atom is 0.245 e. The van der Waals surface area contributed by atoms with E-state index in [2.05, 4.69) is 42.7 Å². The van der Waals surface area contributed by atoms with Crippen LogP contribution in [0.2, 0.25) is 0 Å². The average Bonchev–Trinajstić information content (AvgIpc) is 2.64. The Morgan fingerprint density at radius 1 is 1.21 bits per heavy atom. The van der Waals surface area contributed by atoms with E-state index in [0.29, 0.717) is 5.69 Å². The van der Waals surface area contributed by atoms with Crippen molar-refractivity contribution < 1.29 is 13.7 Å². The van der Waals surface area contributed by atoms with Crippen molar-refractivity contribution in [1.29, 1.82) is 0 Å². The van der Waals surface area contributed by atoms with E-state index < -0.39 is 0 Å². The Bertz CT molecular complexity index is 570. The lowest BCUT2D eigenvalue weighted by Gasteiger charge is -2.09. The minimum atomic E-state index is -0.366. The third-order valence-electron chi connectivity index (χ3n) is 3.19. The molecule has 1 aromatic heterocycles. The summed E-state index contributed by atoms with van der Waals surface area (Å²) < 4.78 is 6.15. The number of aromatic nitrogens is 2. The molecule has 1 aromatic carbocycles. The van der Waals surface area contributed by atoms with Gasteiger partial charge in [0.1, 0.15) is 0 Å². The second kappa shape index (κ2) is 5.65. The molecule has 102 valence electrons. The lowest BCUT2D eigenvalue weighted by Crippen LogP contribution is -2.31. The van der Waals surface area contributed by atoms with Gasteiger partial charge in [-0.1, -0.05) is 17.7 Å². The van der Waals surface area contributed by atoms with Crippen LogP contribution in [0.4, 0.5) is 0 Å². The van der Waals surface area contributed by atoms with Crippen LogP contribution >= 0.6 is 11.9 Å². The lowest BCUT2D eigenvalue weighted by molar-refractivity contribution is -0.584. The Kier molecular flexibility index (Phi) is 4.14. The predicted octanol–water partition coefficient (Wildman–Crippen LogP) is 2.01. The molecular formula is C14H18N2O2S. The molecule has 0 saturated carbocycles. The van der Waals surface area contributed by atoms with Gasteiger partial charge in [0.2, 0.25) is 5.69 Å². The van der Waals surface area contributed by atoms with E-state index in [1.54, 1.807) is 11.0 Å². The van der Waals surface area contributed by atoms with Gasteiger partial charge >= 0.3 is 0 Å². The van der Waals surface area contributed by atoms with Gasteiger partial charge in [-0.25, -0.2) is 0 Å². The third-order valence-corrected chi connectivity index (χ3v) is 4.16. The van der Waals surface area contributed by atoms with Gasteiger partial charge in [-0.05, 0) is 48.0 Å². The average molecular weight is 278 g/mol. The molecule has 19 heavy (non-hydrogen) atoms. The molecule has 0 saturated heterocycles. The molecule has 0 fully saturated rings. The molecule has 0 amide bonds. The summed E-state index contributed by atoms with van der Waals surface area (Å²) in [6.45, 7) is 8.12. The first kappa shape index (κ1) is 13.9. The molecule has 5 heteroatoms. The van der Waals surface area contributed by atoms with E-state index in [9.17, 15) is 5.11 Å². The van der Waals surface area contributed by atoms with E-state index >= 15 is 0 Å². The topological polar surface area (TPSA) is 53.0 Å². The molecule has 0 N–H and O–H groups in total. The van der Waals surface area contributed by atoms with Crippen molar-refractivity contribution in [3.63, 3.8) is 0 Å². The van der Waals surface area contributed by atoms with Crippen molar-refractivity contribution in [2.45, 2.75) is 34.1 Å². The van der Waals surface area contributed by atoms with E-state index in [1.165, 1.54) is 34.2 Å². The maximum absolute atomic E-state index is 11.2. The molecule has 0 aliphatic rings. The van der Waals surface area contributed by atoms with Crippen molar-refractivity contribution in [1.82, 2.24) is 5.27 Å². The highest BCUT2D eigenvalue weighted by Crippen LogP contribution is 2.18. The van der Waals surface area contributed by atoms with Crippen LogP contribution in [-0.4, -0.2) is 11.0 Å².